The number of hydrogen-bond acceptors (Lipinski definition) is 2. The van der Waals surface area contributed by atoms with Crippen molar-refractivity contribution in [2.24, 2.45) is 23.0 Å². The topological polar surface area (TPSA) is 63.3 Å². The van der Waals surface area contributed by atoms with Gasteiger partial charge in [-0.05, 0) is 44.4 Å². The third-order valence-corrected chi connectivity index (χ3v) is 3.84. The molecule has 2 saturated carbocycles. The Morgan fingerprint density at radius 3 is 2.46 bits per heavy atom. The predicted molar refractivity (Wildman–Crippen MR) is 49.2 cm³/mol. The van der Waals surface area contributed by atoms with Crippen LogP contribution in [0.1, 0.15) is 32.6 Å². The van der Waals surface area contributed by atoms with E-state index in [1.54, 1.807) is 6.92 Å². The Labute approximate surface area is 78.3 Å². The molecule has 0 radical (unpaired) electrons. The highest BCUT2D eigenvalue weighted by atomic mass is 16.4. The van der Waals surface area contributed by atoms with E-state index in [1.807, 2.05) is 0 Å². The summed E-state index contributed by atoms with van der Waals surface area (Å²) in [5, 5.41) is 9.08. The van der Waals surface area contributed by atoms with Gasteiger partial charge in [0.2, 0.25) is 0 Å². The number of carbonyl (C=O) groups is 1. The molecule has 0 aliphatic heterocycles. The zero-order valence-electron chi connectivity index (χ0n) is 7.99. The van der Waals surface area contributed by atoms with E-state index in [0.29, 0.717) is 5.92 Å². The van der Waals surface area contributed by atoms with Crippen LogP contribution in [0.5, 0.6) is 0 Å². The second-order valence-corrected chi connectivity index (χ2v) is 4.87. The monoisotopic (exact) mass is 183 g/mol. The standard InChI is InChI=1S/C10H17NO2/c1-10(9(12)13)5-7(4-8(10)11)6-2-3-6/h6-8H,2-5,11H2,1H3,(H,12,13). The maximum Gasteiger partial charge on any atom is 0.310 e. The summed E-state index contributed by atoms with van der Waals surface area (Å²) in [5.41, 5.74) is 5.23. The van der Waals surface area contributed by atoms with Gasteiger partial charge in [-0.15, -0.1) is 0 Å². The van der Waals surface area contributed by atoms with Crippen LogP contribution in [-0.2, 0) is 4.79 Å². The number of carboxylic acids is 1. The second-order valence-electron chi connectivity index (χ2n) is 4.87. The van der Waals surface area contributed by atoms with Crippen LogP contribution in [-0.4, -0.2) is 17.1 Å². The fraction of sp³-hybridized carbons (Fsp3) is 0.900. The predicted octanol–water partition coefficient (Wildman–Crippen LogP) is 1.22. The van der Waals surface area contributed by atoms with Crippen LogP contribution < -0.4 is 5.73 Å². The summed E-state index contributed by atoms with van der Waals surface area (Å²) >= 11 is 0. The third kappa shape index (κ3) is 1.35. The number of rotatable bonds is 2. The molecule has 2 aliphatic carbocycles. The van der Waals surface area contributed by atoms with Crippen LogP contribution in [0, 0.1) is 17.3 Å². The van der Waals surface area contributed by atoms with E-state index in [-0.39, 0.29) is 6.04 Å². The number of aliphatic carboxylic acids is 1. The van der Waals surface area contributed by atoms with Gasteiger partial charge < -0.3 is 10.8 Å². The second kappa shape index (κ2) is 2.71. The van der Waals surface area contributed by atoms with Gasteiger partial charge in [0, 0.05) is 6.04 Å². The summed E-state index contributed by atoms with van der Waals surface area (Å²) in [6, 6.07) is -0.143. The molecule has 0 heterocycles. The Bertz CT molecular complexity index is 237. The molecule has 0 aromatic rings. The van der Waals surface area contributed by atoms with Crippen molar-refractivity contribution in [3.8, 4) is 0 Å². The first-order chi connectivity index (χ1) is 6.04. The van der Waals surface area contributed by atoms with Gasteiger partial charge in [-0.2, -0.15) is 0 Å². The molecule has 2 aliphatic rings. The maximum absolute atomic E-state index is 11.0. The molecule has 3 N–H and O–H groups in total. The Kier molecular flexibility index (Phi) is 1.88. The van der Waals surface area contributed by atoms with Crippen molar-refractivity contribution in [1.82, 2.24) is 0 Å². The van der Waals surface area contributed by atoms with E-state index in [2.05, 4.69) is 0 Å². The molecule has 0 aromatic heterocycles. The average molecular weight is 183 g/mol. The van der Waals surface area contributed by atoms with Gasteiger partial charge in [0.1, 0.15) is 0 Å². The van der Waals surface area contributed by atoms with Crippen LogP contribution in [0.4, 0.5) is 0 Å². The van der Waals surface area contributed by atoms with Crippen molar-refractivity contribution >= 4 is 5.97 Å². The maximum atomic E-state index is 11.0. The van der Waals surface area contributed by atoms with Gasteiger partial charge in [-0.1, -0.05) is 0 Å². The smallest absolute Gasteiger partial charge is 0.310 e. The molecule has 13 heavy (non-hydrogen) atoms. The van der Waals surface area contributed by atoms with E-state index in [1.165, 1.54) is 12.8 Å². The summed E-state index contributed by atoms with van der Waals surface area (Å²) in [4.78, 5) is 11.0. The fourth-order valence-corrected chi connectivity index (χ4v) is 2.54. The minimum Gasteiger partial charge on any atom is -0.481 e. The van der Waals surface area contributed by atoms with E-state index < -0.39 is 11.4 Å². The lowest BCUT2D eigenvalue weighted by molar-refractivity contribution is -0.148. The lowest BCUT2D eigenvalue weighted by atomic mass is 9.84. The van der Waals surface area contributed by atoms with E-state index in [9.17, 15) is 4.79 Å². The van der Waals surface area contributed by atoms with E-state index >= 15 is 0 Å². The Balaban J connectivity index is 2.09. The van der Waals surface area contributed by atoms with E-state index in [4.69, 9.17) is 10.8 Å². The molecule has 0 saturated heterocycles. The molecule has 74 valence electrons. The summed E-state index contributed by atoms with van der Waals surface area (Å²) < 4.78 is 0. The average Bonchev–Trinajstić information content (AvgIpc) is 2.81. The zero-order valence-corrected chi connectivity index (χ0v) is 7.99. The molecule has 0 amide bonds. The van der Waals surface area contributed by atoms with Crippen molar-refractivity contribution in [2.45, 2.75) is 38.6 Å². The van der Waals surface area contributed by atoms with Gasteiger partial charge in [-0.3, -0.25) is 4.79 Å². The van der Waals surface area contributed by atoms with Gasteiger partial charge in [0.25, 0.3) is 0 Å². The lowest BCUT2D eigenvalue weighted by Crippen LogP contribution is -2.40. The van der Waals surface area contributed by atoms with Crippen LogP contribution in [0.15, 0.2) is 0 Å². The highest BCUT2D eigenvalue weighted by molar-refractivity contribution is 5.75. The van der Waals surface area contributed by atoms with Crippen molar-refractivity contribution in [3.63, 3.8) is 0 Å². The molecule has 2 rings (SSSR count). The minimum atomic E-state index is -0.719. The number of nitrogens with two attached hydrogens (primary N) is 1. The molecule has 3 nitrogen and oxygen atoms in total. The summed E-state index contributed by atoms with van der Waals surface area (Å²) in [5.74, 6) is 0.645. The lowest BCUT2D eigenvalue weighted by Gasteiger charge is -2.23. The first-order valence-corrected chi connectivity index (χ1v) is 5.03. The largest absolute Gasteiger partial charge is 0.481 e. The van der Waals surface area contributed by atoms with Crippen LogP contribution in [0.3, 0.4) is 0 Å². The van der Waals surface area contributed by atoms with Crippen LogP contribution in [0.25, 0.3) is 0 Å². The first kappa shape index (κ1) is 9.00. The van der Waals surface area contributed by atoms with Crippen molar-refractivity contribution in [3.05, 3.63) is 0 Å². The number of carboxylic acid groups (broad SMARTS) is 1. The minimum absolute atomic E-state index is 0.143. The van der Waals surface area contributed by atoms with E-state index in [0.717, 1.165) is 18.8 Å². The van der Waals surface area contributed by atoms with Gasteiger partial charge >= 0.3 is 5.97 Å². The van der Waals surface area contributed by atoms with Gasteiger partial charge in [0.15, 0.2) is 0 Å². The Hall–Kier alpha value is -0.570. The molecule has 0 spiro atoms. The summed E-state index contributed by atoms with van der Waals surface area (Å²) in [6.07, 6.45) is 4.27. The van der Waals surface area contributed by atoms with Crippen molar-refractivity contribution in [1.29, 1.82) is 0 Å². The third-order valence-electron chi connectivity index (χ3n) is 3.84. The molecule has 0 bridgehead atoms. The highest BCUT2D eigenvalue weighted by Gasteiger charge is 2.51. The zero-order chi connectivity index (χ0) is 9.64. The quantitative estimate of drug-likeness (QED) is 0.676. The molecule has 3 atom stereocenters. The first-order valence-electron chi connectivity index (χ1n) is 5.03. The van der Waals surface area contributed by atoms with Gasteiger partial charge in [0.05, 0.1) is 5.41 Å². The molecule has 3 heteroatoms. The summed E-state index contributed by atoms with van der Waals surface area (Å²) in [7, 11) is 0. The van der Waals surface area contributed by atoms with Crippen molar-refractivity contribution in [2.75, 3.05) is 0 Å². The van der Waals surface area contributed by atoms with Gasteiger partial charge in [-0.25, -0.2) is 0 Å². The Morgan fingerprint density at radius 1 is 1.46 bits per heavy atom. The summed E-state index contributed by atoms with van der Waals surface area (Å²) in [6.45, 7) is 1.79. The number of hydrogen-bond donors (Lipinski definition) is 2. The Morgan fingerprint density at radius 2 is 2.08 bits per heavy atom. The molecule has 2 fully saturated rings. The van der Waals surface area contributed by atoms with Crippen LogP contribution >= 0.6 is 0 Å². The molecule has 3 unspecified atom stereocenters. The molecular weight excluding hydrogens is 166 g/mol. The molecular formula is C10H17NO2. The van der Waals surface area contributed by atoms with Crippen molar-refractivity contribution < 1.29 is 9.90 Å². The SMILES string of the molecule is CC1(C(=O)O)CC(C2CC2)CC1N. The normalized spacial score (nSPS) is 45.1. The fourth-order valence-electron chi connectivity index (χ4n) is 2.54. The van der Waals surface area contributed by atoms with Crippen LogP contribution in [0.2, 0.25) is 0 Å². The molecule has 0 aromatic carbocycles. The highest BCUT2D eigenvalue weighted by Crippen LogP contribution is 2.51.